The molecule has 5 rings (SSSR count). The largest absolute Gasteiger partial charge is 0.366 e. The second-order valence-corrected chi connectivity index (χ2v) is 6.56. The number of anilines is 1. The fourth-order valence-corrected chi connectivity index (χ4v) is 5.00. The van der Waals surface area contributed by atoms with Crippen LogP contribution in [0.4, 0.5) is 5.95 Å². The van der Waals surface area contributed by atoms with E-state index in [2.05, 4.69) is 10.1 Å². The van der Waals surface area contributed by atoms with E-state index >= 15 is 0 Å². The van der Waals surface area contributed by atoms with E-state index in [1.54, 1.807) is 0 Å². The van der Waals surface area contributed by atoms with E-state index in [9.17, 15) is 4.79 Å². The summed E-state index contributed by atoms with van der Waals surface area (Å²) >= 11 is 0. The van der Waals surface area contributed by atoms with Gasteiger partial charge in [0.1, 0.15) is 5.69 Å². The lowest BCUT2D eigenvalue weighted by atomic mass is 9.51. The maximum atomic E-state index is 12.1. The highest BCUT2D eigenvalue weighted by molar-refractivity contribution is 5.19. The first-order valence-corrected chi connectivity index (χ1v) is 7.13. The Labute approximate surface area is 111 Å². The van der Waals surface area contributed by atoms with Gasteiger partial charge in [-0.15, -0.1) is 9.89 Å². The third kappa shape index (κ3) is 1.58. The molecule has 0 amide bonds. The molecule has 1 heterocycles. The van der Waals surface area contributed by atoms with Crippen molar-refractivity contribution in [2.45, 2.75) is 38.0 Å². The zero-order valence-corrected chi connectivity index (χ0v) is 10.8. The Bertz CT molecular complexity index is 553. The summed E-state index contributed by atoms with van der Waals surface area (Å²) in [6.07, 6.45) is 6.37. The second kappa shape index (κ2) is 3.71. The minimum absolute atomic E-state index is 0.0161. The van der Waals surface area contributed by atoms with Gasteiger partial charge in [0, 0.05) is 5.92 Å². The fourth-order valence-electron chi connectivity index (χ4n) is 5.00. The van der Waals surface area contributed by atoms with Gasteiger partial charge in [-0.1, -0.05) is 0 Å². The molecule has 0 spiro atoms. The average Bonchev–Trinajstić information content (AvgIpc) is 2.34. The molecule has 4 aliphatic carbocycles. The molecule has 0 saturated heterocycles. The van der Waals surface area contributed by atoms with Crippen LogP contribution in [0.25, 0.3) is 0 Å². The molecule has 1 aromatic rings. The smallest absolute Gasteiger partial charge is 0.296 e. The molecule has 4 fully saturated rings. The molecule has 4 bridgehead atoms. The highest BCUT2D eigenvalue weighted by Crippen LogP contribution is 2.59. The number of hydrogen-bond donors (Lipinski definition) is 2. The first-order chi connectivity index (χ1) is 9.11. The van der Waals surface area contributed by atoms with Gasteiger partial charge in [0.25, 0.3) is 5.56 Å². The summed E-state index contributed by atoms with van der Waals surface area (Å²) in [6.45, 7) is 0. The molecule has 0 unspecified atom stereocenters. The molecule has 0 radical (unpaired) electrons. The summed E-state index contributed by atoms with van der Waals surface area (Å²) in [5.41, 5.74) is 5.79. The van der Waals surface area contributed by atoms with Crippen molar-refractivity contribution in [1.82, 2.24) is 14.9 Å². The fraction of sp³-hybridized carbons (Fsp3) is 0.769. The SMILES string of the molecule is Nc1nc(=O)c(C2C3CC4CC(C3)CC2C4)nn1N. The highest BCUT2D eigenvalue weighted by atomic mass is 16.1. The van der Waals surface area contributed by atoms with Crippen LogP contribution in [0.2, 0.25) is 0 Å². The van der Waals surface area contributed by atoms with Crippen LogP contribution in [0.15, 0.2) is 4.79 Å². The minimum atomic E-state index is -0.281. The normalized spacial score (nSPS) is 39.7. The zero-order chi connectivity index (χ0) is 13.1. The standard InChI is InChI=1S/C13H19N5O/c14-13-16-12(19)11(17-18(13)15)10-8-2-6-1-7(4-8)5-9(10)3-6/h6-10H,1-5,15H2,(H2,14,16,19). The van der Waals surface area contributed by atoms with Gasteiger partial charge in [-0.2, -0.15) is 4.98 Å². The van der Waals surface area contributed by atoms with Gasteiger partial charge in [-0.3, -0.25) is 4.79 Å². The molecule has 6 heteroatoms. The molecule has 4 saturated carbocycles. The first kappa shape index (κ1) is 11.3. The van der Waals surface area contributed by atoms with Crippen LogP contribution in [0, 0.1) is 23.7 Å². The lowest BCUT2D eigenvalue weighted by Crippen LogP contribution is -2.46. The summed E-state index contributed by atoms with van der Waals surface area (Å²) in [5, 5.41) is 4.21. The Hall–Kier alpha value is -1.59. The van der Waals surface area contributed by atoms with E-state index in [0.717, 1.165) is 16.6 Å². The van der Waals surface area contributed by atoms with Crippen LogP contribution >= 0.6 is 0 Å². The predicted octanol–water partition coefficient (Wildman–Crippen LogP) is 0.474. The predicted molar refractivity (Wildman–Crippen MR) is 70.6 cm³/mol. The van der Waals surface area contributed by atoms with Crippen LogP contribution < -0.4 is 17.1 Å². The van der Waals surface area contributed by atoms with Crippen molar-refractivity contribution < 1.29 is 0 Å². The quantitative estimate of drug-likeness (QED) is 0.716. The van der Waals surface area contributed by atoms with Crippen molar-refractivity contribution >= 4 is 5.95 Å². The molecule has 4 N–H and O–H groups in total. The lowest BCUT2D eigenvalue weighted by molar-refractivity contribution is -0.00514. The van der Waals surface area contributed by atoms with E-state index in [-0.39, 0.29) is 17.4 Å². The number of aromatic nitrogens is 3. The Morgan fingerprint density at radius 3 is 2.21 bits per heavy atom. The molecule has 0 aromatic carbocycles. The van der Waals surface area contributed by atoms with Crippen LogP contribution in [-0.4, -0.2) is 14.9 Å². The minimum Gasteiger partial charge on any atom is -0.366 e. The van der Waals surface area contributed by atoms with Crippen molar-refractivity contribution in [3.05, 3.63) is 16.0 Å². The molecule has 6 nitrogen and oxygen atoms in total. The third-order valence-electron chi connectivity index (χ3n) is 5.43. The summed E-state index contributed by atoms with van der Waals surface area (Å²) in [6, 6.07) is 0. The van der Waals surface area contributed by atoms with Gasteiger partial charge < -0.3 is 11.6 Å². The van der Waals surface area contributed by atoms with Gasteiger partial charge in [-0.25, -0.2) is 0 Å². The van der Waals surface area contributed by atoms with Crippen LogP contribution in [0.1, 0.15) is 43.7 Å². The van der Waals surface area contributed by atoms with Crippen molar-refractivity contribution in [1.29, 1.82) is 0 Å². The maximum Gasteiger partial charge on any atom is 0.296 e. The van der Waals surface area contributed by atoms with Crippen LogP contribution in [0.5, 0.6) is 0 Å². The maximum absolute atomic E-state index is 12.1. The number of rotatable bonds is 1. The first-order valence-electron chi connectivity index (χ1n) is 7.13. The Kier molecular flexibility index (Phi) is 2.20. The molecule has 0 aliphatic heterocycles. The highest BCUT2D eigenvalue weighted by Gasteiger charge is 2.50. The second-order valence-electron chi connectivity index (χ2n) is 6.56. The van der Waals surface area contributed by atoms with E-state index in [0.29, 0.717) is 17.5 Å². The lowest BCUT2D eigenvalue weighted by Gasteiger charge is -2.53. The Balaban J connectivity index is 1.77. The number of nitrogens with zero attached hydrogens (tertiary/aromatic N) is 3. The summed E-state index contributed by atoms with van der Waals surface area (Å²) < 4.78 is 0. The molecule has 4 aliphatic rings. The molecule has 19 heavy (non-hydrogen) atoms. The van der Waals surface area contributed by atoms with Gasteiger partial charge in [0.05, 0.1) is 0 Å². The number of nitrogens with two attached hydrogens (primary N) is 2. The molecular weight excluding hydrogens is 242 g/mol. The van der Waals surface area contributed by atoms with Crippen LogP contribution in [0.3, 0.4) is 0 Å². The van der Waals surface area contributed by atoms with E-state index in [4.69, 9.17) is 11.6 Å². The van der Waals surface area contributed by atoms with Crippen LogP contribution in [-0.2, 0) is 0 Å². The molecule has 0 atom stereocenters. The Morgan fingerprint density at radius 2 is 1.63 bits per heavy atom. The van der Waals surface area contributed by atoms with Crippen molar-refractivity contribution in [2.24, 2.45) is 23.7 Å². The zero-order valence-electron chi connectivity index (χ0n) is 10.8. The average molecular weight is 261 g/mol. The van der Waals surface area contributed by atoms with Gasteiger partial charge in [-0.05, 0) is 55.8 Å². The number of hydrogen-bond acceptors (Lipinski definition) is 5. The Morgan fingerprint density at radius 1 is 1.05 bits per heavy atom. The molecule has 102 valence electrons. The third-order valence-corrected chi connectivity index (χ3v) is 5.43. The van der Waals surface area contributed by atoms with E-state index in [1.807, 2.05) is 0 Å². The van der Waals surface area contributed by atoms with Gasteiger partial charge in [0.15, 0.2) is 0 Å². The van der Waals surface area contributed by atoms with Gasteiger partial charge >= 0.3 is 0 Å². The van der Waals surface area contributed by atoms with Crippen molar-refractivity contribution in [3.8, 4) is 0 Å². The number of nitrogen functional groups attached to an aromatic ring is 2. The van der Waals surface area contributed by atoms with E-state index < -0.39 is 0 Å². The topological polar surface area (TPSA) is 99.8 Å². The van der Waals surface area contributed by atoms with Gasteiger partial charge in [0.2, 0.25) is 5.95 Å². The van der Waals surface area contributed by atoms with E-state index in [1.165, 1.54) is 32.1 Å². The summed E-state index contributed by atoms with van der Waals surface area (Å²) in [5.74, 6) is 8.85. The monoisotopic (exact) mass is 261 g/mol. The van der Waals surface area contributed by atoms with Crippen molar-refractivity contribution in [2.75, 3.05) is 11.6 Å². The summed E-state index contributed by atoms with van der Waals surface area (Å²) in [4.78, 5) is 16.9. The molecule has 1 aromatic heterocycles. The summed E-state index contributed by atoms with van der Waals surface area (Å²) in [7, 11) is 0. The molecular formula is C13H19N5O. The van der Waals surface area contributed by atoms with Crippen molar-refractivity contribution in [3.63, 3.8) is 0 Å².